The van der Waals surface area contributed by atoms with E-state index in [4.69, 9.17) is 4.74 Å². The highest BCUT2D eigenvalue weighted by Crippen LogP contribution is 2.12. The molecule has 1 amide bonds. The Morgan fingerprint density at radius 2 is 1.75 bits per heavy atom. The molecule has 0 bridgehead atoms. The van der Waals surface area contributed by atoms with E-state index in [1.54, 1.807) is 0 Å². The smallest absolute Gasteiger partial charge is 0.251 e. The van der Waals surface area contributed by atoms with Gasteiger partial charge in [0, 0.05) is 44.8 Å². The number of benzene rings is 1. The minimum absolute atomic E-state index is 0.0132. The number of carbonyl (C=O) groups is 1. The molecule has 1 aromatic rings. The van der Waals surface area contributed by atoms with Gasteiger partial charge < -0.3 is 19.9 Å². The van der Waals surface area contributed by atoms with Crippen LogP contribution in [0.5, 0.6) is 5.75 Å². The Bertz CT molecular complexity index is 496. The van der Waals surface area contributed by atoms with E-state index >= 15 is 0 Å². The Balaban J connectivity index is 1.71. The topological polar surface area (TPSA) is 44.8 Å². The average Bonchev–Trinajstić information content (AvgIpc) is 2.61. The van der Waals surface area contributed by atoms with Crippen LogP contribution in [0.1, 0.15) is 31.1 Å². The number of likely N-dealkylation sites (N-methyl/N-ethyl adjacent to an activating group) is 1. The van der Waals surface area contributed by atoms with Crippen LogP contribution in [0.4, 0.5) is 0 Å². The molecule has 1 atom stereocenters. The summed E-state index contributed by atoms with van der Waals surface area (Å²) in [6, 6.07) is 7.31. The van der Waals surface area contributed by atoms with Gasteiger partial charge in [0.2, 0.25) is 0 Å². The molecule has 1 aliphatic rings. The van der Waals surface area contributed by atoms with Crippen LogP contribution in [-0.4, -0.2) is 68.1 Å². The maximum Gasteiger partial charge on any atom is 0.251 e. The van der Waals surface area contributed by atoms with Crippen molar-refractivity contribution in [3.63, 3.8) is 0 Å². The van der Waals surface area contributed by atoms with Crippen LogP contribution in [0.25, 0.3) is 0 Å². The van der Waals surface area contributed by atoms with Crippen molar-refractivity contribution in [2.45, 2.75) is 20.8 Å². The van der Waals surface area contributed by atoms with Crippen LogP contribution in [0.3, 0.4) is 0 Å². The van der Waals surface area contributed by atoms with Crippen molar-refractivity contribution in [2.24, 2.45) is 5.92 Å². The number of nitrogens with one attached hydrogen (secondary N) is 1. The van der Waals surface area contributed by atoms with Crippen LogP contribution in [-0.2, 0) is 0 Å². The molecular weight excluding hydrogens is 302 g/mol. The first-order valence-corrected chi connectivity index (χ1v) is 9.08. The Hall–Kier alpha value is -1.59. The lowest BCUT2D eigenvalue weighted by atomic mass is 10.1. The average molecular weight is 333 g/mol. The summed E-state index contributed by atoms with van der Waals surface area (Å²) < 4.78 is 5.40. The predicted molar refractivity (Wildman–Crippen MR) is 97.7 cm³/mol. The van der Waals surface area contributed by atoms with E-state index in [-0.39, 0.29) is 5.91 Å². The number of piperazine rings is 1. The van der Waals surface area contributed by atoms with E-state index in [9.17, 15) is 4.79 Å². The second-order valence-corrected chi connectivity index (χ2v) is 6.51. The largest absolute Gasteiger partial charge is 0.494 e. The summed E-state index contributed by atoms with van der Waals surface area (Å²) in [5.74, 6) is 1.24. The molecule has 2 rings (SSSR count). The third-order valence-corrected chi connectivity index (χ3v) is 4.52. The first kappa shape index (κ1) is 18.7. The number of hydrogen-bond acceptors (Lipinski definition) is 4. The maximum absolute atomic E-state index is 12.2. The lowest BCUT2D eigenvalue weighted by Crippen LogP contribution is -2.48. The van der Waals surface area contributed by atoms with Crippen molar-refractivity contribution >= 4 is 5.91 Å². The summed E-state index contributed by atoms with van der Waals surface area (Å²) in [5.41, 5.74) is 0.683. The van der Waals surface area contributed by atoms with Crippen LogP contribution in [0, 0.1) is 5.92 Å². The van der Waals surface area contributed by atoms with Gasteiger partial charge in [0.25, 0.3) is 5.91 Å². The molecule has 0 radical (unpaired) electrons. The number of ether oxygens (including phenoxy) is 1. The van der Waals surface area contributed by atoms with Gasteiger partial charge in [0.1, 0.15) is 5.75 Å². The third kappa shape index (κ3) is 5.80. The zero-order chi connectivity index (χ0) is 17.4. The number of amides is 1. The zero-order valence-corrected chi connectivity index (χ0v) is 15.3. The van der Waals surface area contributed by atoms with E-state index in [1.807, 2.05) is 31.2 Å². The molecule has 0 unspecified atom stereocenters. The minimum Gasteiger partial charge on any atom is -0.494 e. The lowest BCUT2D eigenvalue weighted by Gasteiger charge is -2.35. The van der Waals surface area contributed by atoms with Crippen LogP contribution in [0.15, 0.2) is 24.3 Å². The first-order valence-electron chi connectivity index (χ1n) is 9.08. The fourth-order valence-corrected chi connectivity index (χ4v) is 3.03. The second kappa shape index (κ2) is 9.64. The van der Waals surface area contributed by atoms with E-state index in [2.05, 4.69) is 29.0 Å². The van der Waals surface area contributed by atoms with Gasteiger partial charge >= 0.3 is 0 Å². The molecule has 5 nitrogen and oxygen atoms in total. The molecule has 0 aliphatic carbocycles. The summed E-state index contributed by atoms with van der Waals surface area (Å²) in [5, 5.41) is 3.04. The number of nitrogens with zero attached hydrogens (tertiary/aromatic N) is 2. The van der Waals surface area contributed by atoms with Gasteiger partial charge in [-0.25, -0.2) is 0 Å². The molecule has 1 saturated heterocycles. The molecule has 1 heterocycles. The third-order valence-electron chi connectivity index (χ3n) is 4.52. The van der Waals surface area contributed by atoms with E-state index in [0.29, 0.717) is 24.6 Å². The second-order valence-electron chi connectivity index (χ2n) is 6.51. The highest BCUT2D eigenvalue weighted by atomic mass is 16.5. The molecule has 24 heavy (non-hydrogen) atoms. The normalized spacial score (nSPS) is 17.5. The SMILES string of the molecule is CCOc1ccc(C(=O)NC[C@H](C)CN2CCN(CC)CC2)cc1. The summed E-state index contributed by atoms with van der Waals surface area (Å²) in [7, 11) is 0. The van der Waals surface area contributed by atoms with Crippen molar-refractivity contribution in [2.75, 3.05) is 52.4 Å². The number of carbonyl (C=O) groups excluding carboxylic acids is 1. The van der Waals surface area contributed by atoms with E-state index in [1.165, 1.54) is 0 Å². The van der Waals surface area contributed by atoms with Crippen LogP contribution >= 0.6 is 0 Å². The molecule has 5 heteroatoms. The summed E-state index contributed by atoms with van der Waals surface area (Å²) >= 11 is 0. The molecule has 1 aromatic carbocycles. The fraction of sp³-hybridized carbons (Fsp3) is 0.632. The van der Waals surface area contributed by atoms with Crippen LogP contribution in [0.2, 0.25) is 0 Å². The molecule has 1 fully saturated rings. The van der Waals surface area contributed by atoms with Gasteiger partial charge in [0.15, 0.2) is 0 Å². The van der Waals surface area contributed by atoms with Crippen molar-refractivity contribution in [3.8, 4) is 5.75 Å². The molecule has 0 spiro atoms. The highest BCUT2D eigenvalue weighted by molar-refractivity contribution is 5.94. The van der Waals surface area contributed by atoms with Crippen molar-refractivity contribution in [1.29, 1.82) is 0 Å². The predicted octanol–water partition coefficient (Wildman–Crippen LogP) is 2.09. The van der Waals surface area contributed by atoms with Gasteiger partial charge in [0.05, 0.1) is 6.61 Å². The summed E-state index contributed by atoms with van der Waals surface area (Å²) in [4.78, 5) is 17.2. The Kier molecular flexibility index (Phi) is 7.53. The lowest BCUT2D eigenvalue weighted by molar-refractivity contribution is 0.0933. The number of rotatable bonds is 8. The number of hydrogen-bond donors (Lipinski definition) is 1. The molecule has 134 valence electrons. The quantitative estimate of drug-likeness (QED) is 0.791. The monoisotopic (exact) mass is 333 g/mol. The standard InChI is InChI=1S/C19H31N3O2/c1-4-21-10-12-22(13-11-21)15-16(3)14-20-19(23)17-6-8-18(9-7-17)24-5-2/h6-9,16H,4-5,10-15H2,1-3H3,(H,20,23)/t16-/m0/s1. The summed E-state index contributed by atoms with van der Waals surface area (Å²) in [6.45, 7) is 14.5. The molecular formula is C19H31N3O2. The molecule has 0 saturated carbocycles. The Labute approximate surface area is 146 Å². The van der Waals surface area contributed by atoms with Crippen molar-refractivity contribution in [3.05, 3.63) is 29.8 Å². The van der Waals surface area contributed by atoms with Gasteiger partial charge in [-0.05, 0) is 43.7 Å². The van der Waals surface area contributed by atoms with Gasteiger partial charge in [-0.1, -0.05) is 13.8 Å². The van der Waals surface area contributed by atoms with Gasteiger partial charge in [-0.15, -0.1) is 0 Å². The van der Waals surface area contributed by atoms with Crippen LogP contribution < -0.4 is 10.1 Å². The Morgan fingerprint density at radius 1 is 1.12 bits per heavy atom. The van der Waals surface area contributed by atoms with Gasteiger partial charge in [-0.3, -0.25) is 4.79 Å². The molecule has 1 N–H and O–H groups in total. The van der Waals surface area contributed by atoms with Crippen molar-refractivity contribution < 1.29 is 9.53 Å². The maximum atomic E-state index is 12.2. The highest BCUT2D eigenvalue weighted by Gasteiger charge is 2.17. The molecule has 1 aliphatic heterocycles. The van der Waals surface area contributed by atoms with Gasteiger partial charge in [-0.2, -0.15) is 0 Å². The Morgan fingerprint density at radius 3 is 2.33 bits per heavy atom. The summed E-state index contributed by atoms with van der Waals surface area (Å²) in [6.07, 6.45) is 0. The zero-order valence-electron chi connectivity index (χ0n) is 15.3. The minimum atomic E-state index is -0.0132. The van der Waals surface area contributed by atoms with E-state index < -0.39 is 0 Å². The fourth-order valence-electron chi connectivity index (χ4n) is 3.03. The van der Waals surface area contributed by atoms with E-state index in [0.717, 1.165) is 45.0 Å². The van der Waals surface area contributed by atoms with Crippen molar-refractivity contribution in [1.82, 2.24) is 15.1 Å². The molecule has 0 aromatic heterocycles. The first-order chi connectivity index (χ1) is 11.6.